The van der Waals surface area contributed by atoms with Gasteiger partial charge >= 0.3 is 0 Å². The molecular weight excluding hydrogens is 468 g/mol. The molecule has 1 aromatic heterocycles. The molecule has 3 heterocycles. The fourth-order valence-corrected chi connectivity index (χ4v) is 4.66. The van der Waals surface area contributed by atoms with E-state index in [0.717, 1.165) is 73.0 Å². The summed E-state index contributed by atoms with van der Waals surface area (Å²) in [4.78, 5) is 36.2. The van der Waals surface area contributed by atoms with Gasteiger partial charge in [0.15, 0.2) is 5.82 Å². The maximum Gasteiger partial charge on any atom is 0.227 e. The normalized spacial score (nSPS) is 16.3. The maximum absolute atomic E-state index is 12.8. The molecular formula is C28H32N6O3. The van der Waals surface area contributed by atoms with Crippen molar-refractivity contribution >= 4 is 29.0 Å². The molecule has 3 N–H and O–H groups in total. The van der Waals surface area contributed by atoms with Crippen LogP contribution in [0.3, 0.4) is 0 Å². The van der Waals surface area contributed by atoms with Gasteiger partial charge in [-0.15, -0.1) is 0 Å². The number of piperidine rings is 1. The molecule has 9 heteroatoms. The SMILES string of the molecule is CC(=O)Nc1ccc(-c2cc(N3CCOCC3)nc(-c3cccc(NC(=O)C4CCNCC4)c3)n2)cc1. The Kier molecular flexibility index (Phi) is 7.72. The zero-order valence-corrected chi connectivity index (χ0v) is 21.0. The molecule has 2 fully saturated rings. The number of ether oxygens (including phenoxy) is 1. The smallest absolute Gasteiger partial charge is 0.227 e. The van der Waals surface area contributed by atoms with Crippen LogP contribution < -0.4 is 20.9 Å². The lowest BCUT2D eigenvalue weighted by molar-refractivity contribution is -0.120. The van der Waals surface area contributed by atoms with Crippen molar-refractivity contribution < 1.29 is 14.3 Å². The Balaban J connectivity index is 1.45. The summed E-state index contributed by atoms with van der Waals surface area (Å²) in [6.07, 6.45) is 1.70. The van der Waals surface area contributed by atoms with E-state index in [2.05, 4.69) is 20.9 Å². The van der Waals surface area contributed by atoms with Gasteiger partial charge in [0.25, 0.3) is 0 Å². The second-order valence-corrected chi connectivity index (χ2v) is 9.39. The Morgan fingerprint density at radius 2 is 1.68 bits per heavy atom. The number of aromatic nitrogens is 2. The van der Waals surface area contributed by atoms with Crippen molar-refractivity contribution in [1.29, 1.82) is 0 Å². The molecule has 2 aromatic carbocycles. The highest BCUT2D eigenvalue weighted by molar-refractivity contribution is 5.93. The van der Waals surface area contributed by atoms with Gasteiger partial charge in [0.2, 0.25) is 11.8 Å². The minimum absolute atomic E-state index is 0.0258. The lowest BCUT2D eigenvalue weighted by atomic mass is 9.97. The van der Waals surface area contributed by atoms with Crippen LogP contribution in [-0.2, 0) is 14.3 Å². The molecule has 2 amide bonds. The van der Waals surface area contributed by atoms with Crippen LogP contribution >= 0.6 is 0 Å². The van der Waals surface area contributed by atoms with E-state index < -0.39 is 0 Å². The van der Waals surface area contributed by atoms with Gasteiger partial charge < -0.3 is 25.6 Å². The number of rotatable bonds is 6. The Bertz CT molecular complexity index is 1250. The van der Waals surface area contributed by atoms with Gasteiger partial charge in [0, 0.05) is 54.5 Å². The molecule has 0 spiro atoms. The number of morpholine rings is 1. The van der Waals surface area contributed by atoms with Crippen LogP contribution in [-0.4, -0.2) is 61.2 Å². The number of nitrogens with one attached hydrogen (secondary N) is 3. The summed E-state index contributed by atoms with van der Waals surface area (Å²) in [7, 11) is 0. The summed E-state index contributed by atoms with van der Waals surface area (Å²) in [5.74, 6) is 1.39. The van der Waals surface area contributed by atoms with Crippen molar-refractivity contribution in [2.45, 2.75) is 19.8 Å². The second kappa shape index (κ2) is 11.5. The van der Waals surface area contributed by atoms with Crippen LogP contribution in [0.25, 0.3) is 22.6 Å². The Morgan fingerprint density at radius 1 is 0.919 bits per heavy atom. The molecule has 2 aliphatic heterocycles. The molecule has 2 aliphatic rings. The number of nitrogens with zero attached hydrogens (tertiary/aromatic N) is 3. The zero-order valence-electron chi connectivity index (χ0n) is 21.0. The van der Waals surface area contributed by atoms with Gasteiger partial charge in [0.1, 0.15) is 5.82 Å². The quantitative estimate of drug-likeness (QED) is 0.475. The standard InChI is InChI=1S/C28H32N6O3/c1-19(35)30-23-7-5-20(6-8-23)25-18-26(34-13-15-37-16-14-34)33-27(32-25)22-3-2-4-24(17-22)31-28(36)21-9-11-29-12-10-21/h2-8,17-18,21,29H,9-16H2,1H3,(H,30,35)(H,31,36). The number of hydrogen-bond donors (Lipinski definition) is 3. The molecule has 2 saturated heterocycles. The first-order valence-electron chi connectivity index (χ1n) is 12.8. The summed E-state index contributed by atoms with van der Waals surface area (Å²) in [5, 5.41) is 9.18. The summed E-state index contributed by atoms with van der Waals surface area (Å²) in [6, 6.07) is 17.3. The van der Waals surface area contributed by atoms with Gasteiger partial charge in [-0.05, 0) is 50.2 Å². The van der Waals surface area contributed by atoms with Crippen LogP contribution in [0.4, 0.5) is 17.2 Å². The average molecular weight is 501 g/mol. The van der Waals surface area contributed by atoms with E-state index in [1.807, 2.05) is 54.6 Å². The van der Waals surface area contributed by atoms with E-state index in [1.165, 1.54) is 6.92 Å². The molecule has 0 bridgehead atoms. The summed E-state index contributed by atoms with van der Waals surface area (Å²) in [6.45, 7) is 6.04. The van der Waals surface area contributed by atoms with Crippen molar-refractivity contribution in [3.63, 3.8) is 0 Å². The van der Waals surface area contributed by atoms with Crippen LogP contribution in [0.15, 0.2) is 54.6 Å². The number of amides is 2. The molecule has 9 nitrogen and oxygen atoms in total. The number of carbonyl (C=O) groups excluding carboxylic acids is 2. The Labute approximate surface area is 216 Å². The predicted molar refractivity (Wildman–Crippen MR) is 144 cm³/mol. The van der Waals surface area contributed by atoms with Crippen molar-refractivity contribution in [3.05, 3.63) is 54.6 Å². The average Bonchev–Trinajstić information content (AvgIpc) is 2.94. The lowest BCUT2D eigenvalue weighted by Crippen LogP contribution is -2.36. The van der Waals surface area contributed by atoms with Crippen LogP contribution in [0.1, 0.15) is 19.8 Å². The second-order valence-electron chi connectivity index (χ2n) is 9.39. The van der Waals surface area contributed by atoms with Crippen LogP contribution in [0, 0.1) is 5.92 Å². The molecule has 5 rings (SSSR count). The number of hydrogen-bond acceptors (Lipinski definition) is 7. The molecule has 3 aromatic rings. The Hall–Kier alpha value is -3.82. The number of carbonyl (C=O) groups is 2. The maximum atomic E-state index is 12.8. The van der Waals surface area contributed by atoms with E-state index in [4.69, 9.17) is 14.7 Å². The monoisotopic (exact) mass is 500 g/mol. The summed E-state index contributed by atoms with van der Waals surface area (Å²) in [5.41, 5.74) is 4.00. The van der Waals surface area contributed by atoms with Crippen LogP contribution in [0.5, 0.6) is 0 Å². The molecule has 0 saturated carbocycles. The molecule has 0 unspecified atom stereocenters. The molecule has 0 radical (unpaired) electrons. The highest BCUT2D eigenvalue weighted by atomic mass is 16.5. The Morgan fingerprint density at radius 3 is 2.41 bits per heavy atom. The van der Waals surface area contributed by atoms with E-state index in [0.29, 0.717) is 19.0 Å². The van der Waals surface area contributed by atoms with Crippen molar-refractivity contribution in [1.82, 2.24) is 15.3 Å². The topological polar surface area (TPSA) is 108 Å². The van der Waals surface area contributed by atoms with Crippen LogP contribution in [0.2, 0.25) is 0 Å². The third kappa shape index (κ3) is 6.31. The largest absolute Gasteiger partial charge is 0.378 e. The lowest BCUT2D eigenvalue weighted by Gasteiger charge is -2.28. The highest BCUT2D eigenvalue weighted by Gasteiger charge is 2.21. The third-order valence-electron chi connectivity index (χ3n) is 6.65. The first-order valence-corrected chi connectivity index (χ1v) is 12.8. The molecule has 0 aliphatic carbocycles. The van der Waals surface area contributed by atoms with E-state index in [-0.39, 0.29) is 17.7 Å². The third-order valence-corrected chi connectivity index (χ3v) is 6.65. The zero-order chi connectivity index (χ0) is 25.6. The highest BCUT2D eigenvalue weighted by Crippen LogP contribution is 2.29. The first-order chi connectivity index (χ1) is 18.0. The van der Waals surface area contributed by atoms with Gasteiger partial charge in [-0.25, -0.2) is 9.97 Å². The fraction of sp³-hybridized carbons (Fsp3) is 0.357. The summed E-state index contributed by atoms with van der Waals surface area (Å²) >= 11 is 0. The molecule has 0 atom stereocenters. The molecule has 37 heavy (non-hydrogen) atoms. The predicted octanol–water partition coefficient (Wildman–Crippen LogP) is 3.54. The van der Waals surface area contributed by atoms with Gasteiger partial charge in [-0.1, -0.05) is 24.3 Å². The van der Waals surface area contributed by atoms with Gasteiger partial charge in [-0.3, -0.25) is 9.59 Å². The van der Waals surface area contributed by atoms with Crippen molar-refractivity contribution in [2.75, 3.05) is 54.9 Å². The number of anilines is 3. The molecule has 192 valence electrons. The fourth-order valence-electron chi connectivity index (χ4n) is 4.66. The van der Waals surface area contributed by atoms with E-state index in [1.54, 1.807) is 0 Å². The minimum Gasteiger partial charge on any atom is -0.378 e. The van der Waals surface area contributed by atoms with Gasteiger partial charge in [0.05, 0.1) is 18.9 Å². The number of benzene rings is 2. The van der Waals surface area contributed by atoms with E-state index in [9.17, 15) is 9.59 Å². The van der Waals surface area contributed by atoms with Gasteiger partial charge in [-0.2, -0.15) is 0 Å². The van der Waals surface area contributed by atoms with E-state index >= 15 is 0 Å². The summed E-state index contributed by atoms with van der Waals surface area (Å²) < 4.78 is 5.53. The first kappa shape index (κ1) is 24.9. The minimum atomic E-state index is -0.112. The van der Waals surface area contributed by atoms with Crippen molar-refractivity contribution in [2.24, 2.45) is 5.92 Å². The van der Waals surface area contributed by atoms with Crippen molar-refractivity contribution in [3.8, 4) is 22.6 Å².